The molecular formula is C2H3IO. The van der Waals surface area contributed by atoms with Crippen LogP contribution in [0.25, 0.3) is 0 Å². The normalized spacial score (nSPS) is 9.25. The van der Waals surface area contributed by atoms with E-state index in [0.717, 1.165) is 6.26 Å². The molecule has 0 rings (SSSR count). The molecule has 0 aliphatic heterocycles. The molecule has 0 amide bonds. The Bertz CT molecular complexity index is 21.2. The van der Waals surface area contributed by atoms with Gasteiger partial charge in [-0.25, -0.2) is 0 Å². The highest BCUT2D eigenvalue weighted by Gasteiger charge is 1.37. The van der Waals surface area contributed by atoms with Gasteiger partial charge in [0.05, 0.1) is 6.26 Å². The Hall–Kier alpha value is 0.270. The van der Waals surface area contributed by atoms with Gasteiger partial charge < -0.3 is 5.11 Å². The van der Waals surface area contributed by atoms with Crippen molar-refractivity contribution in [2.75, 3.05) is 0 Å². The molecule has 0 aliphatic rings. The molecule has 0 aliphatic carbocycles. The van der Waals surface area contributed by atoms with Crippen LogP contribution in [0.2, 0.25) is 0 Å². The van der Waals surface area contributed by atoms with Crippen molar-refractivity contribution in [3.63, 3.8) is 0 Å². The van der Waals surface area contributed by atoms with Crippen LogP contribution in [0.1, 0.15) is 0 Å². The molecule has 24 valence electrons. The Morgan fingerprint density at radius 2 is 2.00 bits per heavy atom. The zero-order chi connectivity index (χ0) is 3.41. The largest absolute Gasteiger partial charge is 0.515 e. The molecule has 0 bridgehead atoms. The molecule has 0 aromatic heterocycles. The minimum Gasteiger partial charge on any atom is -0.515 e. The van der Waals surface area contributed by atoms with E-state index in [-0.39, 0.29) is 0 Å². The van der Waals surface area contributed by atoms with Crippen molar-refractivity contribution in [1.29, 1.82) is 0 Å². The molecule has 1 N–H and O–H groups in total. The summed E-state index contributed by atoms with van der Waals surface area (Å²) >= 11 is 1.92. The summed E-state index contributed by atoms with van der Waals surface area (Å²) in [5.41, 5.74) is 0. The summed E-state index contributed by atoms with van der Waals surface area (Å²) in [7, 11) is 0. The molecule has 0 aromatic carbocycles. The maximum absolute atomic E-state index is 7.69. The molecule has 0 spiro atoms. The van der Waals surface area contributed by atoms with Crippen LogP contribution < -0.4 is 0 Å². The van der Waals surface area contributed by atoms with Gasteiger partial charge in [0.2, 0.25) is 0 Å². The predicted molar refractivity (Wildman–Crippen MR) is 25.8 cm³/mol. The summed E-state index contributed by atoms with van der Waals surface area (Å²) in [4.78, 5) is 0. The summed E-state index contributed by atoms with van der Waals surface area (Å²) in [6.07, 6.45) is 0.987. The van der Waals surface area contributed by atoms with Gasteiger partial charge in [0, 0.05) is 4.08 Å². The molecular weight excluding hydrogens is 167 g/mol. The number of rotatable bonds is 0. The first-order chi connectivity index (χ1) is 1.91. The zero-order valence-electron chi connectivity index (χ0n) is 1.98. The lowest BCUT2D eigenvalue weighted by atomic mass is 11.2. The van der Waals surface area contributed by atoms with Gasteiger partial charge in [-0.3, -0.25) is 0 Å². The van der Waals surface area contributed by atoms with Crippen LogP contribution in [-0.2, 0) is 0 Å². The van der Waals surface area contributed by atoms with Gasteiger partial charge in [0.15, 0.2) is 0 Å². The first-order valence-corrected chi connectivity index (χ1v) is 2.06. The van der Waals surface area contributed by atoms with Crippen molar-refractivity contribution < 1.29 is 5.11 Å². The van der Waals surface area contributed by atoms with Gasteiger partial charge in [-0.15, -0.1) is 0 Å². The Labute approximate surface area is 38.5 Å². The van der Waals surface area contributed by atoms with E-state index in [1.54, 1.807) is 0 Å². The minimum atomic E-state index is 0.987. The lowest BCUT2D eigenvalue weighted by molar-refractivity contribution is 0.475. The average molecular weight is 170 g/mol. The smallest absolute Gasteiger partial charge is 0.0852 e. The Morgan fingerprint density at radius 1 is 1.75 bits per heavy atom. The van der Waals surface area contributed by atoms with Crippen LogP contribution in [0.3, 0.4) is 0 Å². The Kier molecular flexibility index (Phi) is 3.49. The van der Waals surface area contributed by atoms with E-state index in [2.05, 4.69) is 0 Å². The van der Waals surface area contributed by atoms with E-state index in [4.69, 9.17) is 5.11 Å². The van der Waals surface area contributed by atoms with E-state index in [9.17, 15) is 0 Å². The molecule has 0 saturated carbocycles. The SMILES string of the molecule is OC=CI. The molecule has 0 saturated heterocycles. The third-order valence-electron chi connectivity index (χ3n) is 0.0563. The van der Waals surface area contributed by atoms with Gasteiger partial charge in [0.25, 0.3) is 0 Å². The quantitative estimate of drug-likeness (QED) is 0.430. The zero-order valence-corrected chi connectivity index (χ0v) is 4.14. The molecule has 0 unspecified atom stereocenters. The van der Waals surface area contributed by atoms with Crippen molar-refractivity contribution in [1.82, 2.24) is 0 Å². The van der Waals surface area contributed by atoms with Crippen molar-refractivity contribution in [2.45, 2.75) is 0 Å². The number of hydrogen-bond donors (Lipinski definition) is 1. The molecule has 0 fully saturated rings. The van der Waals surface area contributed by atoms with Crippen molar-refractivity contribution >= 4 is 22.6 Å². The van der Waals surface area contributed by atoms with Crippen molar-refractivity contribution in [3.8, 4) is 0 Å². The van der Waals surface area contributed by atoms with Crippen LogP contribution >= 0.6 is 22.6 Å². The lowest BCUT2D eigenvalue weighted by Gasteiger charge is -1.51. The summed E-state index contributed by atoms with van der Waals surface area (Å²) < 4.78 is 1.53. The highest BCUT2D eigenvalue weighted by Crippen LogP contribution is 1.76. The second kappa shape index (κ2) is 3.27. The maximum Gasteiger partial charge on any atom is 0.0852 e. The van der Waals surface area contributed by atoms with Crippen LogP contribution in [-0.4, -0.2) is 5.11 Å². The maximum atomic E-state index is 7.69. The fourth-order valence-corrected chi connectivity index (χ4v) is 0. The summed E-state index contributed by atoms with van der Waals surface area (Å²) in [5.74, 6) is 0. The number of aliphatic hydroxyl groups is 1. The average Bonchev–Trinajstić information content (AvgIpc) is 1.37. The van der Waals surface area contributed by atoms with Crippen molar-refractivity contribution in [3.05, 3.63) is 10.3 Å². The molecule has 4 heavy (non-hydrogen) atoms. The summed E-state index contributed by atoms with van der Waals surface area (Å²) in [6.45, 7) is 0. The van der Waals surface area contributed by atoms with Gasteiger partial charge in [-0.05, 0) is 22.6 Å². The highest BCUT2D eigenvalue weighted by molar-refractivity contribution is 14.1. The monoisotopic (exact) mass is 170 g/mol. The van der Waals surface area contributed by atoms with Crippen LogP contribution in [0.5, 0.6) is 0 Å². The molecule has 0 atom stereocenters. The second-order valence-corrected chi connectivity index (χ2v) is 0.994. The van der Waals surface area contributed by atoms with Crippen LogP contribution in [0, 0.1) is 0 Å². The van der Waals surface area contributed by atoms with E-state index < -0.39 is 0 Å². The third-order valence-corrected chi connectivity index (χ3v) is 0.378. The standard InChI is InChI=1S/C2H3IO/c3-1-2-4/h1-2,4H. The van der Waals surface area contributed by atoms with E-state index in [1.165, 1.54) is 4.08 Å². The van der Waals surface area contributed by atoms with Crippen LogP contribution in [0.4, 0.5) is 0 Å². The lowest BCUT2D eigenvalue weighted by Crippen LogP contribution is -1.31. The second-order valence-electron chi connectivity index (χ2n) is 0.275. The Balaban J connectivity index is 2.55. The van der Waals surface area contributed by atoms with E-state index >= 15 is 0 Å². The number of hydrogen-bond acceptors (Lipinski definition) is 1. The minimum absolute atomic E-state index is 0.987. The summed E-state index contributed by atoms with van der Waals surface area (Å²) in [6, 6.07) is 0. The van der Waals surface area contributed by atoms with Crippen LogP contribution in [0.15, 0.2) is 10.3 Å². The number of aliphatic hydroxyl groups excluding tert-OH is 1. The molecule has 2 heteroatoms. The third kappa shape index (κ3) is 2.27. The van der Waals surface area contributed by atoms with Gasteiger partial charge in [-0.1, -0.05) is 0 Å². The molecule has 1 nitrogen and oxygen atoms in total. The van der Waals surface area contributed by atoms with E-state index in [0.29, 0.717) is 0 Å². The predicted octanol–water partition coefficient (Wildman–Crippen LogP) is 1.45. The molecule has 0 heterocycles. The fourth-order valence-electron chi connectivity index (χ4n) is 0. The topological polar surface area (TPSA) is 20.2 Å². The first kappa shape index (κ1) is 4.27. The number of halogens is 1. The van der Waals surface area contributed by atoms with Gasteiger partial charge >= 0.3 is 0 Å². The Morgan fingerprint density at radius 3 is 2.00 bits per heavy atom. The molecule has 0 aromatic rings. The first-order valence-electron chi connectivity index (χ1n) is 0.810. The van der Waals surface area contributed by atoms with Gasteiger partial charge in [0.1, 0.15) is 0 Å². The van der Waals surface area contributed by atoms with Gasteiger partial charge in [-0.2, -0.15) is 0 Å². The molecule has 0 radical (unpaired) electrons. The summed E-state index contributed by atoms with van der Waals surface area (Å²) in [5, 5.41) is 7.69. The fraction of sp³-hybridized carbons (Fsp3) is 0. The highest BCUT2D eigenvalue weighted by atomic mass is 127. The van der Waals surface area contributed by atoms with Crippen molar-refractivity contribution in [2.24, 2.45) is 0 Å². The van der Waals surface area contributed by atoms with E-state index in [1.807, 2.05) is 22.6 Å².